The van der Waals surface area contributed by atoms with E-state index in [0.29, 0.717) is 0 Å². The zero-order chi connectivity index (χ0) is 25.1. The van der Waals surface area contributed by atoms with Gasteiger partial charge in [0.25, 0.3) is 5.91 Å². The summed E-state index contributed by atoms with van der Waals surface area (Å²) in [6.45, 7) is 5.40. The summed E-state index contributed by atoms with van der Waals surface area (Å²) in [4.78, 5) is 63.8. The summed E-state index contributed by atoms with van der Waals surface area (Å²) in [5.41, 5.74) is -0.334. The molecule has 1 rings (SSSR count). The van der Waals surface area contributed by atoms with Gasteiger partial charge in [0.2, 0.25) is 5.75 Å². The number of methoxy groups -OCH3 is 2. The number of amides is 1. The Morgan fingerprint density at radius 3 is 2.27 bits per heavy atom. The van der Waals surface area contributed by atoms with Crippen LogP contribution in [0.2, 0.25) is 0 Å². The molecule has 33 heavy (non-hydrogen) atoms. The second-order valence-electron chi connectivity index (χ2n) is 7.12. The Labute approximate surface area is 190 Å². The molecule has 1 heterocycles. The van der Waals surface area contributed by atoms with Crippen molar-refractivity contribution >= 4 is 29.8 Å². The molecule has 0 bridgehead atoms. The van der Waals surface area contributed by atoms with Gasteiger partial charge in [0, 0.05) is 19.2 Å². The molecule has 0 aromatic carbocycles. The minimum atomic E-state index is -1.39. The van der Waals surface area contributed by atoms with Gasteiger partial charge in [0.05, 0.1) is 26.6 Å². The number of carbonyl (C=O) groups excluding carboxylic acids is 5. The smallest absolute Gasteiger partial charge is 0.331 e. The molecule has 1 aromatic rings. The van der Waals surface area contributed by atoms with Crippen molar-refractivity contribution in [2.45, 2.75) is 46.3 Å². The van der Waals surface area contributed by atoms with Crippen molar-refractivity contribution in [3.8, 4) is 11.5 Å². The van der Waals surface area contributed by atoms with Gasteiger partial charge in [-0.05, 0) is 6.92 Å². The standard InChI is InChI=1S/C21H28N2O10/c1-11(2)20(27)32-12(3)9-16(25)31-10-14(21(28)30-6)23-19(26)17-18(33-13(4)24)15(29-5)7-8-22-17/h7-8,11-12,14H,9-10H2,1-6H3,(H,23,26). The van der Waals surface area contributed by atoms with Crippen LogP contribution in [0.5, 0.6) is 11.5 Å². The first-order valence-corrected chi connectivity index (χ1v) is 9.96. The molecular weight excluding hydrogens is 440 g/mol. The monoisotopic (exact) mass is 468 g/mol. The number of nitrogens with one attached hydrogen (secondary N) is 1. The van der Waals surface area contributed by atoms with Gasteiger partial charge in [-0.2, -0.15) is 0 Å². The molecule has 12 nitrogen and oxygen atoms in total. The largest absolute Gasteiger partial charge is 0.493 e. The lowest BCUT2D eigenvalue weighted by atomic mass is 10.2. The van der Waals surface area contributed by atoms with Gasteiger partial charge >= 0.3 is 23.9 Å². The van der Waals surface area contributed by atoms with Crippen LogP contribution in [-0.2, 0) is 33.4 Å². The molecule has 1 N–H and O–H groups in total. The number of ether oxygens (including phenoxy) is 5. The van der Waals surface area contributed by atoms with E-state index < -0.39 is 48.5 Å². The van der Waals surface area contributed by atoms with E-state index in [1.807, 2.05) is 0 Å². The molecule has 0 aliphatic carbocycles. The number of hydrogen-bond acceptors (Lipinski definition) is 11. The van der Waals surface area contributed by atoms with E-state index in [0.717, 1.165) is 14.0 Å². The molecule has 0 fully saturated rings. The molecule has 0 spiro atoms. The number of pyridine rings is 1. The number of aromatic nitrogens is 1. The van der Waals surface area contributed by atoms with Gasteiger partial charge in [-0.1, -0.05) is 13.8 Å². The number of rotatable bonds is 11. The van der Waals surface area contributed by atoms with Gasteiger partial charge in [-0.3, -0.25) is 19.2 Å². The maximum atomic E-state index is 12.7. The van der Waals surface area contributed by atoms with Crippen molar-refractivity contribution < 1.29 is 47.7 Å². The van der Waals surface area contributed by atoms with Crippen molar-refractivity contribution in [2.75, 3.05) is 20.8 Å². The van der Waals surface area contributed by atoms with E-state index in [9.17, 15) is 24.0 Å². The summed E-state index contributed by atoms with van der Waals surface area (Å²) in [5.74, 6) is -4.29. The maximum absolute atomic E-state index is 12.7. The highest BCUT2D eigenvalue weighted by atomic mass is 16.6. The third-order valence-electron chi connectivity index (χ3n) is 3.99. The van der Waals surface area contributed by atoms with Crippen LogP contribution in [0.3, 0.4) is 0 Å². The van der Waals surface area contributed by atoms with Gasteiger partial charge in [0.1, 0.15) is 12.7 Å². The van der Waals surface area contributed by atoms with Crippen LogP contribution in [0, 0.1) is 5.92 Å². The maximum Gasteiger partial charge on any atom is 0.331 e. The molecule has 1 amide bonds. The molecule has 0 saturated heterocycles. The third-order valence-corrected chi connectivity index (χ3v) is 3.99. The number of hydrogen-bond donors (Lipinski definition) is 1. The molecule has 0 saturated carbocycles. The van der Waals surface area contributed by atoms with Gasteiger partial charge in [0.15, 0.2) is 17.5 Å². The second kappa shape index (κ2) is 13.0. The Kier molecular flexibility index (Phi) is 10.8. The molecule has 0 aliphatic heterocycles. The highest BCUT2D eigenvalue weighted by molar-refractivity contribution is 5.98. The molecule has 1 aromatic heterocycles. The molecular formula is C21H28N2O10. The van der Waals surface area contributed by atoms with Crippen molar-refractivity contribution in [3.05, 3.63) is 18.0 Å². The average Bonchev–Trinajstić information content (AvgIpc) is 2.75. The van der Waals surface area contributed by atoms with Gasteiger partial charge in [-0.25, -0.2) is 9.78 Å². The predicted octanol–water partition coefficient (Wildman–Crippen LogP) is 0.808. The summed E-state index contributed by atoms with van der Waals surface area (Å²) in [6.07, 6.45) is 0.244. The topological polar surface area (TPSA) is 156 Å². The van der Waals surface area contributed by atoms with Crippen LogP contribution in [0.1, 0.15) is 44.6 Å². The fraction of sp³-hybridized carbons (Fsp3) is 0.524. The number of nitrogens with zero attached hydrogens (tertiary/aromatic N) is 1. The Bertz CT molecular complexity index is 884. The van der Waals surface area contributed by atoms with Crippen molar-refractivity contribution in [1.82, 2.24) is 10.3 Å². The molecule has 182 valence electrons. The fourth-order valence-electron chi connectivity index (χ4n) is 2.38. The van der Waals surface area contributed by atoms with E-state index in [-0.39, 0.29) is 29.5 Å². The third kappa shape index (κ3) is 8.75. The normalized spacial score (nSPS) is 12.2. The highest BCUT2D eigenvalue weighted by Crippen LogP contribution is 2.29. The van der Waals surface area contributed by atoms with Crippen molar-refractivity contribution in [3.63, 3.8) is 0 Å². The first-order valence-electron chi connectivity index (χ1n) is 9.96. The fourth-order valence-corrected chi connectivity index (χ4v) is 2.38. The zero-order valence-electron chi connectivity index (χ0n) is 19.3. The van der Waals surface area contributed by atoms with Crippen LogP contribution in [0.4, 0.5) is 0 Å². The van der Waals surface area contributed by atoms with Crippen LogP contribution in [0.15, 0.2) is 12.3 Å². The summed E-state index contributed by atoms with van der Waals surface area (Å²) >= 11 is 0. The minimum absolute atomic E-state index is 0.0660. The van der Waals surface area contributed by atoms with E-state index in [1.54, 1.807) is 13.8 Å². The Morgan fingerprint density at radius 1 is 1.06 bits per heavy atom. The lowest BCUT2D eigenvalue weighted by molar-refractivity contribution is -0.157. The van der Waals surface area contributed by atoms with Crippen molar-refractivity contribution in [1.29, 1.82) is 0 Å². The van der Waals surface area contributed by atoms with Crippen LogP contribution in [0.25, 0.3) is 0 Å². The Morgan fingerprint density at radius 2 is 1.73 bits per heavy atom. The minimum Gasteiger partial charge on any atom is -0.493 e. The second-order valence-corrected chi connectivity index (χ2v) is 7.12. The molecule has 2 atom stereocenters. The van der Waals surface area contributed by atoms with E-state index in [4.69, 9.17) is 18.9 Å². The number of esters is 4. The van der Waals surface area contributed by atoms with Gasteiger partial charge in [-0.15, -0.1) is 0 Å². The molecule has 0 radical (unpaired) electrons. The average molecular weight is 468 g/mol. The Balaban J connectivity index is 2.88. The highest BCUT2D eigenvalue weighted by Gasteiger charge is 2.28. The molecule has 12 heteroatoms. The summed E-state index contributed by atoms with van der Waals surface area (Å²) in [7, 11) is 2.39. The predicted molar refractivity (Wildman–Crippen MR) is 111 cm³/mol. The Hall–Kier alpha value is -3.70. The molecule has 0 aliphatic rings. The lowest BCUT2D eigenvalue weighted by Gasteiger charge is -2.18. The number of carbonyl (C=O) groups is 5. The summed E-state index contributed by atoms with van der Waals surface area (Å²) in [5, 5.41) is 2.32. The first-order chi connectivity index (χ1) is 15.5. The van der Waals surface area contributed by atoms with Gasteiger partial charge < -0.3 is 29.0 Å². The van der Waals surface area contributed by atoms with Crippen LogP contribution < -0.4 is 14.8 Å². The summed E-state index contributed by atoms with van der Waals surface area (Å²) < 4.78 is 24.9. The molecule has 2 unspecified atom stereocenters. The quantitative estimate of drug-likeness (QED) is 0.362. The van der Waals surface area contributed by atoms with Crippen LogP contribution >= 0.6 is 0 Å². The summed E-state index contributed by atoms with van der Waals surface area (Å²) in [6, 6.07) is -0.0137. The first kappa shape index (κ1) is 27.3. The van der Waals surface area contributed by atoms with Crippen LogP contribution in [-0.4, -0.2) is 67.7 Å². The zero-order valence-corrected chi connectivity index (χ0v) is 19.3. The van der Waals surface area contributed by atoms with E-state index in [1.165, 1.54) is 26.3 Å². The van der Waals surface area contributed by atoms with E-state index >= 15 is 0 Å². The van der Waals surface area contributed by atoms with Crippen molar-refractivity contribution in [2.24, 2.45) is 5.92 Å². The van der Waals surface area contributed by atoms with E-state index in [2.05, 4.69) is 15.0 Å². The lowest BCUT2D eigenvalue weighted by Crippen LogP contribution is -2.45. The SMILES string of the molecule is COC(=O)C(COC(=O)CC(C)OC(=O)C(C)C)NC(=O)c1nccc(OC)c1OC(C)=O.